The smallest absolute Gasteiger partial charge is 0.253 e. The number of benzene rings is 1. The average molecular weight is 416 g/mol. The third kappa shape index (κ3) is 5.37. The van der Waals surface area contributed by atoms with E-state index in [1.165, 1.54) is 18.4 Å². The lowest BCUT2D eigenvalue weighted by molar-refractivity contribution is 0.145. The zero-order valence-electron chi connectivity index (χ0n) is 17.8. The topological polar surface area (TPSA) is 57.4 Å². The number of ether oxygens (including phenoxy) is 1. The minimum absolute atomic E-state index is 0.0201. The zero-order chi connectivity index (χ0) is 20.8. The number of thiocarbonyl (C=S) groups is 1. The summed E-state index contributed by atoms with van der Waals surface area (Å²) in [5.74, 6) is 0. The summed E-state index contributed by atoms with van der Waals surface area (Å²) in [6.45, 7) is 8.92. The van der Waals surface area contributed by atoms with Gasteiger partial charge in [-0.1, -0.05) is 25.0 Å². The number of hydrogen-bond acceptors (Lipinski definition) is 3. The number of hydrogen-bond donors (Lipinski definition) is 2. The van der Waals surface area contributed by atoms with Gasteiger partial charge < -0.3 is 19.9 Å². The second-order valence-electron chi connectivity index (χ2n) is 7.96. The van der Waals surface area contributed by atoms with Crippen LogP contribution in [0, 0.1) is 13.8 Å². The molecular weight excluding hydrogens is 382 g/mol. The first-order chi connectivity index (χ1) is 14.0. The molecule has 158 valence electrons. The Bertz CT molecular complexity index is 903. The Morgan fingerprint density at radius 1 is 1.28 bits per heavy atom. The van der Waals surface area contributed by atoms with Gasteiger partial charge in [0.1, 0.15) is 0 Å². The molecule has 1 heterocycles. The fourth-order valence-electron chi connectivity index (χ4n) is 4.12. The highest BCUT2D eigenvalue weighted by Crippen LogP contribution is 2.26. The standard InChI is InChI=1S/C23H33N3O2S/c1-4-28-13-7-12-24-23(29)26(19-8-5-6-9-19)15-18-14-20-16(2)10-11-17(3)21(20)25-22(18)27/h10-11,14,19H,4-9,12-13,15H2,1-3H3,(H,24,29)(H,25,27). The van der Waals surface area contributed by atoms with Crippen LogP contribution in [0.5, 0.6) is 0 Å². The predicted octanol–water partition coefficient (Wildman–Crippen LogP) is 4.19. The SMILES string of the molecule is CCOCCCNC(=S)N(Cc1cc2c(C)ccc(C)c2[nH]c1=O)C1CCCC1. The molecule has 3 rings (SSSR count). The van der Waals surface area contributed by atoms with E-state index in [0.717, 1.165) is 66.2 Å². The third-order valence-electron chi connectivity index (χ3n) is 5.83. The molecule has 1 aliphatic rings. The van der Waals surface area contributed by atoms with Gasteiger partial charge in [0.2, 0.25) is 0 Å². The van der Waals surface area contributed by atoms with Crippen molar-refractivity contribution in [3.63, 3.8) is 0 Å². The molecule has 2 aromatic rings. The molecule has 1 saturated carbocycles. The highest BCUT2D eigenvalue weighted by molar-refractivity contribution is 7.80. The van der Waals surface area contributed by atoms with Gasteiger partial charge in [0, 0.05) is 36.8 Å². The van der Waals surface area contributed by atoms with Crippen molar-refractivity contribution in [3.8, 4) is 0 Å². The Hall–Kier alpha value is -1.92. The lowest BCUT2D eigenvalue weighted by Crippen LogP contribution is -2.45. The van der Waals surface area contributed by atoms with E-state index in [1.807, 2.05) is 13.8 Å². The number of aryl methyl sites for hydroxylation is 2. The van der Waals surface area contributed by atoms with E-state index in [1.54, 1.807) is 0 Å². The van der Waals surface area contributed by atoms with Gasteiger partial charge in [-0.3, -0.25) is 4.79 Å². The molecule has 1 aromatic carbocycles. The van der Waals surface area contributed by atoms with E-state index in [0.29, 0.717) is 12.6 Å². The van der Waals surface area contributed by atoms with Crippen LogP contribution in [0.3, 0.4) is 0 Å². The maximum Gasteiger partial charge on any atom is 0.253 e. The Morgan fingerprint density at radius 3 is 2.72 bits per heavy atom. The molecule has 0 spiro atoms. The first-order valence-electron chi connectivity index (χ1n) is 10.8. The van der Waals surface area contributed by atoms with E-state index in [9.17, 15) is 4.79 Å². The van der Waals surface area contributed by atoms with Crippen LogP contribution < -0.4 is 10.9 Å². The summed E-state index contributed by atoms with van der Waals surface area (Å²) < 4.78 is 5.41. The first kappa shape index (κ1) is 21.8. The maximum atomic E-state index is 12.8. The zero-order valence-corrected chi connectivity index (χ0v) is 18.7. The quantitative estimate of drug-likeness (QED) is 0.500. The molecule has 1 aliphatic carbocycles. The maximum absolute atomic E-state index is 12.8. The summed E-state index contributed by atoms with van der Waals surface area (Å²) >= 11 is 5.74. The number of nitrogens with zero attached hydrogens (tertiary/aromatic N) is 1. The van der Waals surface area contributed by atoms with Crippen molar-refractivity contribution in [1.82, 2.24) is 15.2 Å². The van der Waals surface area contributed by atoms with Gasteiger partial charge in [0.25, 0.3) is 5.56 Å². The molecule has 29 heavy (non-hydrogen) atoms. The van der Waals surface area contributed by atoms with Crippen LogP contribution >= 0.6 is 12.2 Å². The van der Waals surface area contributed by atoms with Crippen LogP contribution in [0.25, 0.3) is 10.9 Å². The van der Waals surface area contributed by atoms with Crippen LogP contribution in [0.1, 0.15) is 55.7 Å². The van der Waals surface area contributed by atoms with Gasteiger partial charge in [0.05, 0.1) is 12.1 Å². The number of rotatable bonds is 8. The van der Waals surface area contributed by atoms with Gasteiger partial charge in [0.15, 0.2) is 5.11 Å². The van der Waals surface area contributed by atoms with Crippen molar-refractivity contribution in [3.05, 3.63) is 45.2 Å². The molecule has 0 bridgehead atoms. The second-order valence-corrected chi connectivity index (χ2v) is 8.35. The molecular formula is C23H33N3O2S. The molecule has 6 heteroatoms. The molecule has 1 aromatic heterocycles. The number of H-pyrrole nitrogens is 1. The summed E-state index contributed by atoms with van der Waals surface area (Å²) in [4.78, 5) is 18.2. The van der Waals surface area contributed by atoms with E-state index in [4.69, 9.17) is 17.0 Å². The van der Waals surface area contributed by atoms with Crippen molar-refractivity contribution >= 4 is 28.2 Å². The molecule has 5 nitrogen and oxygen atoms in total. The van der Waals surface area contributed by atoms with Crippen LogP contribution in [0.2, 0.25) is 0 Å². The van der Waals surface area contributed by atoms with Gasteiger partial charge >= 0.3 is 0 Å². The third-order valence-corrected chi connectivity index (χ3v) is 6.21. The van der Waals surface area contributed by atoms with Crippen LogP contribution in [0.15, 0.2) is 23.0 Å². The minimum Gasteiger partial charge on any atom is -0.382 e. The van der Waals surface area contributed by atoms with Gasteiger partial charge in [-0.05, 0) is 69.4 Å². The van der Waals surface area contributed by atoms with Gasteiger partial charge in [-0.2, -0.15) is 0 Å². The summed E-state index contributed by atoms with van der Waals surface area (Å²) in [5, 5.41) is 5.24. The van der Waals surface area contributed by atoms with Crippen LogP contribution in [-0.4, -0.2) is 40.8 Å². The molecule has 2 N–H and O–H groups in total. The number of fused-ring (bicyclic) bond motifs is 1. The minimum atomic E-state index is -0.0201. The van der Waals surface area contributed by atoms with Crippen molar-refractivity contribution in [2.75, 3.05) is 19.8 Å². The monoisotopic (exact) mass is 415 g/mol. The van der Waals surface area contributed by atoms with Crippen molar-refractivity contribution in [1.29, 1.82) is 0 Å². The molecule has 0 unspecified atom stereocenters. The Labute approximate surface area is 178 Å². The second kappa shape index (κ2) is 10.2. The number of nitrogens with one attached hydrogen (secondary N) is 2. The summed E-state index contributed by atoms with van der Waals surface area (Å²) in [6, 6.07) is 6.62. The Morgan fingerprint density at radius 2 is 2.00 bits per heavy atom. The lowest BCUT2D eigenvalue weighted by atomic mass is 10.0. The van der Waals surface area contributed by atoms with Crippen LogP contribution in [-0.2, 0) is 11.3 Å². The molecule has 0 saturated heterocycles. The summed E-state index contributed by atoms with van der Waals surface area (Å²) in [5.41, 5.74) is 3.95. The van der Waals surface area contributed by atoms with Crippen molar-refractivity contribution < 1.29 is 4.74 Å². The Kier molecular flexibility index (Phi) is 7.67. The molecule has 0 atom stereocenters. The highest BCUT2D eigenvalue weighted by Gasteiger charge is 2.25. The number of pyridine rings is 1. The van der Waals surface area contributed by atoms with E-state index < -0.39 is 0 Å². The largest absolute Gasteiger partial charge is 0.382 e. The van der Waals surface area contributed by atoms with Crippen molar-refractivity contribution in [2.24, 2.45) is 0 Å². The summed E-state index contributed by atoms with van der Waals surface area (Å²) in [7, 11) is 0. The summed E-state index contributed by atoms with van der Waals surface area (Å²) in [6.07, 6.45) is 5.62. The van der Waals surface area contributed by atoms with Gasteiger partial charge in [-0.25, -0.2) is 0 Å². The van der Waals surface area contributed by atoms with E-state index in [2.05, 4.69) is 40.3 Å². The fourth-order valence-corrected chi connectivity index (χ4v) is 4.43. The normalized spacial score (nSPS) is 14.4. The molecule has 0 amide bonds. The highest BCUT2D eigenvalue weighted by atomic mass is 32.1. The Balaban J connectivity index is 1.80. The van der Waals surface area contributed by atoms with Crippen LogP contribution in [0.4, 0.5) is 0 Å². The molecule has 0 aliphatic heterocycles. The molecule has 1 fully saturated rings. The first-order valence-corrected chi connectivity index (χ1v) is 11.2. The lowest BCUT2D eigenvalue weighted by Gasteiger charge is -2.31. The number of aromatic amines is 1. The van der Waals surface area contributed by atoms with E-state index in [-0.39, 0.29) is 5.56 Å². The average Bonchev–Trinajstić information content (AvgIpc) is 3.23. The predicted molar refractivity (Wildman–Crippen MR) is 124 cm³/mol. The molecule has 0 radical (unpaired) electrons. The van der Waals surface area contributed by atoms with E-state index >= 15 is 0 Å². The van der Waals surface area contributed by atoms with Crippen molar-refractivity contribution in [2.45, 2.75) is 65.5 Å². The fraction of sp³-hybridized carbons (Fsp3) is 0.565. The number of aromatic nitrogens is 1. The van der Waals surface area contributed by atoms with Gasteiger partial charge in [-0.15, -0.1) is 0 Å².